The van der Waals surface area contributed by atoms with Gasteiger partial charge in [-0.25, -0.2) is 9.97 Å². The first-order valence-corrected chi connectivity index (χ1v) is 10.2. The SMILES string of the molecule is Cc1ccc(Nc2ncc3cccc(C#Cc4ccccc4OC(C)C)c3n2)cc1N. The average molecular weight is 409 g/mol. The zero-order valence-electron chi connectivity index (χ0n) is 17.8. The summed E-state index contributed by atoms with van der Waals surface area (Å²) in [5, 5.41) is 4.15. The highest BCUT2D eigenvalue weighted by molar-refractivity contribution is 5.85. The van der Waals surface area contributed by atoms with Gasteiger partial charge in [0.2, 0.25) is 5.95 Å². The molecule has 31 heavy (non-hydrogen) atoms. The van der Waals surface area contributed by atoms with E-state index in [1.807, 2.05) is 81.4 Å². The first kappa shape index (κ1) is 20.2. The van der Waals surface area contributed by atoms with E-state index in [9.17, 15) is 0 Å². The van der Waals surface area contributed by atoms with Crippen LogP contribution in [0.15, 0.2) is 66.9 Å². The minimum Gasteiger partial charge on any atom is -0.490 e. The number of nitrogen functional groups attached to an aromatic ring is 1. The molecule has 0 unspecified atom stereocenters. The van der Waals surface area contributed by atoms with Crippen LogP contribution < -0.4 is 15.8 Å². The molecular weight excluding hydrogens is 384 g/mol. The van der Waals surface area contributed by atoms with E-state index in [0.29, 0.717) is 5.95 Å². The van der Waals surface area contributed by atoms with Crippen molar-refractivity contribution in [1.82, 2.24) is 9.97 Å². The van der Waals surface area contributed by atoms with Crippen LogP contribution in [0.4, 0.5) is 17.3 Å². The zero-order chi connectivity index (χ0) is 21.8. The number of hydrogen-bond acceptors (Lipinski definition) is 5. The van der Waals surface area contributed by atoms with Gasteiger partial charge in [-0.2, -0.15) is 0 Å². The van der Waals surface area contributed by atoms with Crippen molar-refractivity contribution < 1.29 is 4.74 Å². The second kappa shape index (κ2) is 8.76. The van der Waals surface area contributed by atoms with E-state index in [4.69, 9.17) is 15.5 Å². The van der Waals surface area contributed by atoms with Gasteiger partial charge in [-0.05, 0) is 56.7 Å². The Kier molecular flexibility index (Phi) is 5.72. The van der Waals surface area contributed by atoms with Crippen LogP contribution in [-0.4, -0.2) is 16.1 Å². The number of benzene rings is 3. The van der Waals surface area contributed by atoms with Gasteiger partial charge >= 0.3 is 0 Å². The average Bonchev–Trinajstić information content (AvgIpc) is 2.75. The van der Waals surface area contributed by atoms with Gasteiger partial charge in [-0.15, -0.1) is 0 Å². The summed E-state index contributed by atoms with van der Waals surface area (Å²) in [7, 11) is 0. The molecule has 0 aliphatic heterocycles. The largest absolute Gasteiger partial charge is 0.490 e. The Hall–Kier alpha value is -4.04. The van der Waals surface area contributed by atoms with Crippen molar-refractivity contribution in [3.63, 3.8) is 0 Å². The molecule has 154 valence electrons. The van der Waals surface area contributed by atoms with Gasteiger partial charge in [0, 0.05) is 23.0 Å². The number of hydrogen-bond donors (Lipinski definition) is 2. The number of aryl methyl sites for hydroxylation is 1. The van der Waals surface area contributed by atoms with Crippen molar-refractivity contribution in [2.45, 2.75) is 26.9 Å². The van der Waals surface area contributed by atoms with Crippen molar-refractivity contribution in [3.8, 4) is 17.6 Å². The number of nitrogens with one attached hydrogen (secondary N) is 1. The van der Waals surface area contributed by atoms with E-state index in [1.54, 1.807) is 6.20 Å². The summed E-state index contributed by atoms with van der Waals surface area (Å²) in [6.07, 6.45) is 1.88. The van der Waals surface area contributed by atoms with Crippen LogP contribution in [0.1, 0.15) is 30.5 Å². The Labute approximate surface area is 182 Å². The Balaban J connectivity index is 1.69. The number of fused-ring (bicyclic) bond motifs is 1. The molecule has 0 aliphatic carbocycles. The fraction of sp³-hybridized carbons (Fsp3) is 0.154. The molecule has 0 atom stereocenters. The smallest absolute Gasteiger partial charge is 0.227 e. The predicted octanol–water partition coefficient (Wildman–Crippen LogP) is 5.45. The van der Waals surface area contributed by atoms with Gasteiger partial charge in [-0.1, -0.05) is 42.2 Å². The minimum absolute atomic E-state index is 0.0812. The standard InChI is InChI=1S/C26H24N4O/c1-17(2)31-24-10-5-4-7-19(24)12-13-20-8-6-9-21-16-28-26(30-25(20)21)29-22-14-11-18(3)23(27)15-22/h4-11,14-17H,27H2,1-3H3,(H,28,29,30). The summed E-state index contributed by atoms with van der Waals surface area (Å²) >= 11 is 0. The summed E-state index contributed by atoms with van der Waals surface area (Å²) in [4.78, 5) is 9.14. The first-order valence-electron chi connectivity index (χ1n) is 10.2. The lowest BCUT2D eigenvalue weighted by Gasteiger charge is -2.11. The number of rotatable bonds is 4. The zero-order valence-corrected chi connectivity index (χ0v) is 17.8. The maximum atomic E-state index is 6.02. The summed E-state index contributed by atoms with van der Waals surface area (Å²) < 4.78 is 5.88. The third kappa shape index (κ3) is 4.76. The molecular formula is C26H24N4O. The van der Waals surface area contributed by atoms with Gasteiger partial charge in [0.1, 0.15) is 5.75 Å². The molecule has 3 N–H and O–H groups in total. The Bertz CT molecular complexity index is 1300. The highest BCUT2D eigenvalue weighted by Crippen LogP contribution is 2.23. The lowest BCUT2D eigenvalue weighted by atomic mass is 10.1. The molecule has 0 fully saturated rings. The molecule has 4 rings (SSSR count). The topological polar surface area (TPSA) is 73.1 Å². The fourth-order valence-corrected chi connectivity index (χ4v) is 3.13. The minimum atomic E-state index is 0.0812. The van der Waals surface area contributed by atoms with Crippen molar-refractivity contribution in [1.29, 1.82) is 0 Å². The monoisotopic (exact) mass is 408 g/mol. The third-order valence-corrected chi connectivity index (χ3v) is 4.73. The van der Waals surface area contributed by atoms with Gasteiger partial charge in [0.25, 0.3) is 0 Å². The van der Waals surface area contributed by atoms with Crippen LogP contribution in [0.2, 0.25) is 0 Å². The van der Waals surface area contributed by atoms with Crippen LogP contribution in [0.25, 0.3) is 10.9 Å². The maximum absolute atomic E-state index is 6.02. The lowest BCUT2D eigenvalue weighted by molar-refractivity contribution is 0.242. The van der Waals surface area contributed by atoms with Gasteiger partial charge in [-0.3, -0.25) is 0 Å². The van der Waals surface area contributed by atoms with Crippen molar-refractivity contribution in [2.24, 2.45) is 0 Å². The summed E-state index contributed by atoms with van der Waals surface area (Å²) in [5.74, 6) is 7.77. The maximum Gasteiger partial charge on any atom is 0.227 e. The number of ether oxygens (including phenoxy) is 1. The van der Waals surface area contributed by atoms with E-state index in [-0.39, 0.29) is 6.10 Å². The summed E-state index contributed by atoms with van der Waals surface area (Å²) in [6, 6.07) is 19.5. The molecule has 4 aromatic rings. The molecule has 0 saturated heterocycles. The van der Waals surface area contributed by atoms with Crippen molar-refractivity contribution in [2.75, 3.05) is 11.1 Å². The molecule has 0 radical (unpaired) electrons. The number of nitrogens with two attached hydrogens (primary N) is 1. The van der Waals surface area contributed by atoms with E-state index in [2.05, 4.69) is 22.1 Å². The second-order valence-corrected chi connectivity index (χ2v) is 7.55. The van der Waals surface area contributed by atoms with Crippen molar-refractivity contribution in [3.05, 3.63) is 83.6 Å². The molecule has 0 spiro atoms. The normalized spacial score (nSPS) is 10.6. The molecule has 5 nitrogen and oxygen atoms in total. The molecule has 0 saturated carbocycles. The van der Waals surface area contributed by atoms with Crippen LogP contribution in [0.3, 0.4) is 0 Å². The van der Waals surface area contributed by atoms with Crippen LogP contribution in [0.5, 0.6) is 5.75 Å². The van der Waals surface area contributed by atoms with E-state index < -0.39 is 0 Å². The molecule has 0 bridgehead atoms. The molecule has 1 aromatic heterocycles. The predicted molar refractivity (Wildman–Crippen MR) is 127 cm³/mol. The molecule has 0 amide bonds. The lowest BCUT2D eigenvalue weighted by Crippen LogP contribution is -2.06. The van der Waals surface area contributed by atoms with Crippen LogP contribution in [-0.2, 0) is 0 Å². The van der Waals surface area contributed by atoms with E-state index in [1.165, 1.54) is 0 Å². The quantitative estimate of drug-likeness (QED) is 0.347. The fourth-order valence-electron chi connectivity index (χ4n) is 3.13. The third-order valence-electron chi connectivity index (χ3n) is 4.73. The van der Waals surface area contributed by atoms with Crippen LogP contribution in [0, 0.1) is 18.8 Å². The van der Waals surface area contributed by atoms with Crippen molar-refractivity contribution >= 4 is 28.2 Å². The summed E-state index contributed by atoms with van der Waals surface area (Å²) in [6.45, 7) is 5.98. The van der Waals surface area contributed by atoms with Gasteiger partial charge < -0.3 is 15.8 Å². The Morgan fingerprint density at radius 3 is 2.55 bits per heavy atom. The van der Waals surface area contributed by atoms with E-state index in [0.717, 1.165) is 44.7 Å². The Morgan fingerprint density at radius 1 is 0.968 bits per heavy atom. The molecule has 5 heteroatoms. The number of anilines is 3. The summed E-state index contributed by atoms with van der Waals surface area (Å²) in [5.41, 5.74) is 11.1. The number of para-hydroxylation sites is 2. The molecule has 3 aromatic carbocycles. The first-order chi connectivity index (χ1) is 15.0. The molecule has 0 aliphatic rings. The Morgan fingerprint density at radius 2 is 1.74 bits per heavy atom. The second-order valence-electron chi connectivity index (χ2n) is 7.55. The number of aromatic nitrogens is 2. The van der Waals surface area contributed by atoms with Gasteiger partial charge in [0.15, 0.2) is 0 Å². The van der Waals surface area contributed by atoms with Crippen LogP contribution >= 0.6 is 0 Å². The number of nitrogens with zero attached hydrogens (tertiary/aromatic N) is 2. The molecule has 1 heterocycles. The van der Waals surface area contributed by atoms with Gasteiger partial charge in [0.05, 0.1) is 22.7 Å². The van der Waals surface area contributed by atoms with E-state index >= 15 is 0 Å². The highest BCUT2D eigenvalue weighted by Gasteiger charge is 2.06. The highest BCUT2D eigenvalue weighted by atomic mass is 16.5.